The van der Waals surface area contributed by atoms with E-state index in [1.807, 2.05) is 0 Å². The van der Waals surface area contributed by atoms with E-state index in [0.29, 0.717) is 25.7 Å². The van der Waals surface area contributed by atoms with Gasteiger partial charge in [-0.15, -0.1) is 0 Å². The van der Waals surface area contributed by atoms with Crippen LogP contribution in [0, 0.1) is 23.7 Å². The first kappa shape index (κ1) is 83.1. The van der Waals surface area contributed by atoms with Crippen molar-refractivity contribution >= 4 is 39.5 Å². The number of phosphoric acid groups is 2. The largest absolute Gasteiger partial charge is 0.472 e. The maximum Gasteiger partial charge on any atom is 0.472 e. The number of ether oxygens (including phenoxy) is 4. The second-order valence-corrected chi connectivity index (χ2v) is 28.2. The molecule has 0 fully saturated rings. The molecule has 19 heteroatoms. The third kappa shape index (κ3) is 58.2. The van der Waals surface area contributed by atoms with E-state index >= 15 is 0 Å². The Morgan fingerprint density at radius 2 is 0.565 bits per heavy atom. The Labute approximate surface area is 517 Å². The molecule has 85 heavy (non-hydrogen) atoms. The summed E-state index contributed by atoms with van der Waals surface area (Å²) in [4.78, 5) is 72.3. The zero-order chi connectivity index (χ0) is 63.2. The molecule has 0 aromatic heterocycles. The molecule has 0 radical (unpaired) electrons. The fourth-order valence-electron chi connectivity index (χ4n) is 9.72. The van der Waals surface area contributed by atoms with Crippen LogP contribution in [0.3, 0.4) is 0 Å². The van der Waals surface area contributed by atoms with E-state index in [0.717, 1.165) is 114 Å². The van der Waals surface area contributed by atoms with Crippen molar-refractivity contribution in [2.24, 2.45) is 23.7 Å². The Morgan fingerprint density at radius 3 is 0.835 bits per heavy atom. The predicted octanol–water partition coefficient (Wildman–Crippen LogP) is 18.1. The van der Waals surface area contributed by atoms with Gasteiger partial charge in [0.15, 0.2) is 12.2 Å². The topological polar surface area (TPSA) is 237 Å². The van der Waals surface area contributed by atoms with Crippen LogP contribution in [0.4, 0.5) is 0 Å². The number of aliphatic hydroxyl groups excluding tert-OH is 1. The maximum atomic E-state index is 13.0. The van der Waals surface area contributed by atoms with Gasteiger partial charge in [-0.3, -0.25) is 37.3 Å². The minimum absolute atomic E-state index is 0.102. The van der Waals surface area contributed by atoms with Crippen molar-refractivity contribution in [1.29, 1.82) is 0 Å². The smallest absolute Gasteiger partial charge is 0.462 e. The molecule has 0 heterocycles. The minimum atomic E-state index is -4.95. The van der Waals surface area contributed by atoms with Crippen molar-refractivity contribution in [3.05, 3.63) is 0 Å². The van der Waals surface area contributed by atoms with E-state index in [9.17, 15) is 43.2 Å². The van der Waals surface area contributed by atoms with Crippen LogP contribution < -0.4 is 0 Å². The van der Waals surface area contributed by atoms with Gasteiger partial charge in [0.05, 0.1) is 26.4 Å². The maximum absolute atomic E-state index is 13.0. The second-order valence-electron chi connectivity index (χ2n) is 25.3. The van der Waals surface area contributed by atoms with Crippen LogP contribution >= 0.6 is 15.6 Å². The fourth-order valence-corrected chi connectivity index (χ4v) is 11.3. The lowest BCUT2D eigenvalue weighted by molar-refractivity contribution is -0.161. The van der Waals surface area contributed by atoms with Gasteiger partial charge < -0.3 is 33.8 Å². The average molecular weight is 1260 g/mol. The highest BCUT2D eigenvalue weighted by Crippen LogP contribution is 2.45. The third-order valence-corrected chi connectivity index (χ3v) is 17.7. The Hall–Kier alpha value is -1.94. The SMILES string of the molecule is CCC(C)CCCCCCCCCCC(=O)OC[C@H](COP(=O)(O)OCC(O)COP(=O)(O)OC[C@@H](COC(=O)CCCCCCCCCCC(C)C)OC(=O)CCCCCCCCCCCC(C)C)OC(=O)CCCCCCCCC(C)CC. The van der Waals surface area contributed by atoms with Gasteiger partial charge >= 0.3 is 39.5 Å². The van der Waals surface area contributed by atoms with Crippen molar-refractivity contribution in [2.75, 3.05) is 39.6 Å². The third-order valence-electron chi connectivity index (χ3n) is 15.8. The van der Waals surface area contributed by atoms with Crippen LogP contribution in [-0.4, -0.2) is 96.7 Å². The lowest BCUT2D eigenvalue weighted by atomic mass is 9.99. The van der Waals surface area contributed by atoms with Gasteiger partial charge in [0.1, 0.15) is 19.3 Å². The normalized spacial score (nSPS) is 15.0. The molecule has 0 saturated carbocycles. The summed E-state index contributed by atoms with van der Waals surface area (Å²) in [5.41, 5.74) is 0. The van der Waals surface area contributed by atoms with Crippen molar-refractivity contribution in [1.82, 2.24) is 0 Å². The summed E-state index contributed by atoms with van der Waals surface area (Å²) in [7, 11) is -9.89. The van der Waals surface area contributed by atoms with Crippen LogP contribution in [0.1, 0.15) is 319 Å². The summed E-state index contributed by atoms with van der Waals surface area (Å²) in [6.45, 7) is 14.0. The van der Waals surface area contributed by atoms with E-state index in [4.69, 9.17) is 37.0 Å². The number of rotatable bonds is 63. The first-order chi connectivity index (χ1) is 40.7. The fraction of sp³-hybridized carbons (Fsp3) is 0.939. The molecule has 7 atom stereocenters. The monoisotopic (exact) mass is 1250 g/mol. The van der Waals surface area contributed by atoms with Gasteiger partial charge in [-0.25, -0.2) is 9.13 Å². The molecule has 0 aliphatic rings. The molecular weight excluding hydrogens is 1130 g/mol. The molecule has 0 spiro atoms. The molecule has 0 aliphatic heterocycles. The number of esters is 4. The number of carbonyl (C=O) groups is 4. The van der Waals surface area contributed by atoms with Crippen molar-refractivity contribution in [2.45, 2.75) is 337 Å². The van der Waals surface area contributed by atoms with Crippen LogP contribution in [0.25, 0.3) is 0 Å². The van der Waals surface area contributed by atoms with E-state index in [2.05, 4.69) is 55.4 Å². The second kappa shape index (κ2) is 56.1. The number of aliphatic hydroxyl groups is 1. The minimum Gasteiger partial charge on any atom is -0.462 e. The molecule has 0 aromatic rings. The van der Waals surface area contributed by atoms with Gasteiger partial charge in [-0.2, -0.15) is 0 Å². The Bertz CT molecular complexity index is 1700. The predicted molar refractivity (Wildman–Crippen MR) is 340 cm³/mol. The first-order valence-corrected chi connectivity index (χ1v) is 37.3. The Kier molecular flexibility index (Phi) is 54.8. The van der Waals surface area contributed by atoms with Gasteiger partial charge in [-0.05, 0) is 49.4 Å². The molecule has 3 N–H and O–H groups in total. The zero-order valence-electron chi connectivity index (χ0n) is 55.2. The zero-order valence-corrected chi connectivity index (χ0v) is 57.0. The molecule has 504 valence electrons. The lowest BCUT2D eigenvalue weighted by Gasteiger charge is -2.21. The standard InChI is InChI=1S/C66H128O17P2/c1-9-58(7)44-36-28-20-15-17-22-31-39-47-64(69)77-53-62(83-66(71)49-41-33-25-24-29-37-45-59(8)10-2)55-81-85(74,75)79-51-60(67)50-78-84(72,73)80-54-61(52-76-63(68)46-38-30-21-16-14-19-27-35-43-57(5)6)82-65(70)48-40-32-23-13-11-12-18-26-34-42-56(3)4/h56-62,67H,9-55H2,1-8H3,(H,72,73)(H,74,75)/t58?,59?,60?,61-,62-/m1/s1. The Morgan fingerprint density at radius 1 is 0.329 bits per heavy atom. The highest BCUT2D eigenvalue weighted by molar-refractivity contribution is 7.47. The average Bonchev–Trinajstić information content (AvgIpc) is 3.57. The van der Waals surface area contributed by atoms with Crippen molar-refractivity contribution < 1.29 is 80.2 Å². The molecule has 17 nitrogen and oxygen atoms in total. The number of hydrogen-bond donors (Lipinski definition) is 3. The molecule has 0 saturated heterocycles. The van der Waals surface area contributed by atoms with Gasteiger partial charge in [0.2, 0.25) is 0 Å². The molecule has 0 aliphatic carbocycles. The molecule has 0 rings (SSSR count). The van der Waals surface area contributed by atoms with Crippen LogP contribution in [0.15, 0.2) is 0 Å². The number of unbranched alkanes of at least 4 members (excludes halogenated alkanes) is 27. The Balaban J connectivity index is 5.27. The van der Waals surface area contributed by atoms with Gasteiger partial charge in [0.25, 0.3) is 0 Å². The summed E-state index contributed by atoms with van der Waals surface area (Å²) in [6, 6.07) is 0. The van der Waals surface area contributed by atoms with Crippen LogP contribution in [-0.2, 0) is 65.4 Å². The van der Waals surface area contributed by atoms with E-state index < -0.39 is 97.5 Å². The highest BCUT2D eigenvalue weighted by atomic mass is 31.2. The highest BCUT2D eigenvalue weighted by Gasteiger charge is 2.30. The van der Waals surface area contributed by atoms with Crippen molar-refractivity contribution in [3.8, 4) is 0 Å². The van der Waals surface area contributed by atoms with Gasteiger partial charge in [0, 0.05) is 25.7 Å². The molecule has 0 bridgehead atoms. The lowest BCUT2D eigenvalue weighted by Crippen LogP contribution is -2.30. The molecule has 0 amide bonds. The van der Waals surface area contributed by atoms with E-state index in [1.165, 1.54) is 122 Å². The number of carbonyl (C=O) groups excluding carboxylic acids is 4. The molecule has 5 unspecified atom stereocenters. The van der Waals surface area contributed by atoms with Crippen molar-refractivity contribution in [3.63, 3.8) is 0 Å². The quantitative estimate of drug-likeness (QED) is 0.0222. The van der Waals surface area contributed by atoms with E-state index in [1.54, 1.807) is 0 Å². The van der Waals surface area contributed by atoms with Crippen LogP contribution in [0.5, 0.6) is 0 Å². The summed E-state index contributed by atoms with van der Waals surface area (Å²) < 4.78 is 68.1. The molecule has 0 aromatic carbocycles. The summed E-state index contributed by atoms with van der Waals surface area (Å²) >= 11 is 0. The van der Waals surface area contributed by atoms with Gasteiger partial charge in [-0.1, -0.05) is 267 Å². The summed E-state index contributed by atoms with van der Waals surface area (Å²) in [5.74, 6) is 0.822. The summed E-state index contributed by atoms with van der Waals surface area (Å²) in [5, 5.41) is 10.6. The first-order valence-electron chi connectivity index (χ1n) is 34.3. The summed E-state index contributed by atoms with van der Waals surface area (Å²) in [6.07, 6.45) is 36.2. The van der Waals surface area contributed by atoms with E-state index in [-0.39, 0.29) is 25.7 Å². The molecular formula is C66H128O17P2. The van der Waals surface area contributed by atoms with Crippen LogP contribution in [0.2, 0.25) is 0 Å². The number of hydrogen-bond acceptors (Lipinski definition) is 15. The number of phosphoric ester groups is 2.